The minimum absolute atomic E-state index is 0.0725. The number of phosphoric ester groups is 1. The first-order chi connectivity index (χ1) is 19.0. The van der Waals surface area contributed by atoms with Crippen LogP contribution in [0.2, 0.25) is 0 Å². The summed E-state index contributed by atoms with van der Waals surface area (Å²) < 4.78 is 47.8. The standard InChI is InChI=1S/C28H30FN2O8P/c1-17-22(10-18-11-25(36-3)28(26(12-18)37-4)38-16-39-40(33,34)35)21-8-7-19(29)13-24(21)23(17)14-27(32)30-15-20-6-5-9-31(20)2/h5-13H,14-16H2,1-4H3,(H,30,32)(H2,33,34,35). The molecule has 0 saturated heterocycles. The molecule has 212 valence electrons. The van der Waals surface area contributed by atoms with E-state index in [4.69, 9.17) is 24.0 Å². The lowest BCUT2D eigenvalue weighted by molar-refractivity contribution is -0.120. The predicted octanol–water partition coefficient (Wildman–Crippen LogP) is 4.66. The van der Waals surface area contributed by atoms with Gasteiger partial charge in [0.1, 0.15) is 5.82 Å². The lowest BCUT2D eigenvalue weighted by Gasteiger charge is -2.16. The molecule has 0 atom stereocenters. The molecule has 3 aromatic rings. The summed E-state index contributed by atoms with van der Waals surface area (Å²) in [5.41, 5.74) is 5.37. The number of methoxy groups -OCH3 is 2. The van der Waals surface area contributed by atoms with Gasteiger partial charge in [0, 0.05) is 18.9 Å². The second kappa shape index (κ2) is 12.1. The molecule has 1 aliphatic rings. The fraction of sp³-hybridized carbons (Fsp3) is 0.250. The highest BCUT2D eigenvalue weighted by atomic mass is 31.2. The van der Waals surface area contributed by atoms with E-state index < -0.39 is 20.4 Å². The van der Waals surface area contributed by atoms with Gasteiger partial charge in [-0.05, 0) is 82.8 Å². The molecule has 10 nitrogen and oxygen atoms in total. The molecule has 1 heterocycles. The molecule has 0 saturated carbocycles. The van der Waals surface area contributed by atoms with Crippen molar-refractivity contribution in [3.8, 4) is 17.2 Å². The molecule has 4 rings (SSSR count). The van der Waals surface area contributed by atoms with E-state index in [9.17, 15) is 13.8 Å². The summed E-state index contributed by atoms with van der Waals surface area (Å²) in [4.78, 5) is 30.7. The number of nitrogens with zero attached hydrogens (tertiary/aromatic N) is 1. The second-order valence-electron chi connectivity index (χ2n) is 9.05. The highest BCUT2D eigenvalue weighted by Gasteiger charge is 2.26. The third kappa shape index (κ3) is 6.63. The van der Waals surface area contributed by atoms with Gasteiger partial charge in [-0.2, -0.15) is 0 Å². The number of amides is 1. The van der Waals surface area contributed by atoms with Gasteiger partial charge < -0.3 is 33.9 Å². The van der Waals surface area contributed by atoms with Gasteiger partial charge in [0.25, 0.3) is 0 Å². The zero-order chi connectivity index (χ0) is 29.0. The number of hydrogen-bond acceptors (Lipinski definition) is 6. The van der Waals surface area contributed by atoms with Gasteiger partial charge in [0.2, 0.25) is 18.4 Å². The van der Waals surface area contributed by atoms with Crippen LogP contribution in [-0.4, -0.2) is 41.3 Å². The van der Waals surface area contributed by atoms with Crippen molar-refractivity contribution in [2.24, 2.45) is 7.05 Å². The van der Waals surface area contributed by atoms with Crippen molar-refractivity contribution in [2.75, 3.05) is 21.0 Å². The smallest absolute Gasteiger partial charge is 0.472 e. The average molecular weight is 573 g/mol. The van der Waals surface area contributed by atoms with Crippen molar-refractivity contribution >= 4 is 31.0 Å². The fourth-order valence-electron chi connectivity index (χ4n) is 4.52. The van der Waals surface area contributed by atoms with E-state index in [2.05, 4.69) is 9.84 Å². The Kier molecular flexibility index (Phi) is 8.80. The number of ether oxygens (including phenoxy) is 3. The van der Waals surface area contributed by atoms with Gasteiger partial charge in [-0.1, -0.05) is 6.07 Å². The Morgan fingerprint density at radius 2 is 1.80 bits per heavy atom. The van der Waals surface area contributed by atoms with E-state index in [1.807, 2.05) is 42.9 Å². The minimum atomic E-state index is -4.73. The molecule has 1 amide bonds. The van der Waals surface area contributed by atoms with Gasteiger partial charge in [0.15, 0.2) is 11.5 Å². The molecular formula is C28H30FN2O8P. The highest BCUT2D eigenvalue weighted by Crippen LogP contribution is 2.46. The summed E-state index contributed by atoms with van der Waals surface area (Å²) >= 11 is 0. The first kappa shape index (κ1) is 29.1. The molecular weight excluding hydrogens is 542 g/mol. The van der Waals surface area contributed by atoms with Gasteiger partial charge in [-0.25, -0.2) is 13.5 Å². The molecule has 2 aromatic carbocycles. The summed E-state index contributed by atoms with van der Waals surface area (Å²) in [5, 5.41) is 2.93. The Balaban J connectivity index is 1.66. The zero-order valence-corrected chi connectivity index (χ0v) is 23.3. The van der Waals surface area contributed by atoms with Crippen LogP contribution in [0.5, 0.6) is 17.2 Å². The van der Waals surface area contributed by atoms with Crippen LogP contribution in [0.4, 0.5) is 4.39 Å². The summed E-state index contributed by atoms with van der Waals surface area (Å²) in [6.07, 6.45) is 3.84. The maximum absolute atomic E-state index is 14.3. The maximum atomic E-state index is 14.3. The van der Waals surface area contributed by atoms with Crippen molar-refractivity contribution in [2.45, 2.75) is 19.9 Å². The predicted molar refractivity (Wildman–Crippen MR) is 147 cm³/mol. The monoisotopic (exact) mass is 572 g/mol. The van der Waals surface area contributed by atoms with E-state index in [0.717, 1.165) is 28.0 Å². The largest absolute Gasteiger partial charge is 0.493 e. The van der Waals surface area contributed by atoms with Gasteiger partial charge >= 0.3 is 7.82 Å². The number of carbonyl (C=O) groups excluding carboxylic acids is 1. The first-order valence-corrected chi connectivity index (χ1v) is 13.7. The maximum Gasteiger partial charge on any atom is 0.472 e. The molecule has 0 unspecified atom stereocenters. The summed E-state index contributed by atoms with van der Waals surface area (Å²) in [7, 11) is -0.0115. The number of nitrogens with one attached hydrogen (secondary N) is 1. The molecule has 0 fully saturated rings. The number of halogens is 1. The number of benzene rings is 2. The molecule has 12 heteroatoms. The van der Waals surface area contributed by atoms with Crippen molar-refractivity contribution in [1.29, 1.82) is 0 Å². The van der Waals surface area contributed by atoms with E-state index >= 15 is 0 Å². The van der Waals surface area contributed by atoms with Crippen LogP contribution >= 0.6 is 7.82 Å². The van der Waals surface area contributed by atoms with Gasteiger partial charge in [0.05, 0.1) is 27.2 Å². The number of aryl methyl sites for hydroxylation is 1. The summed E-state index contributed by atoms with van der Waals surface area (Å²) in [5.74, 6) is -0.0249. The third-order valence-corrected chi connectivity index (χ3v) is 6.97. The number of phosphoric acid groups is 1. The summed E-state index contributed by atoms with van der Waals surface area (Å²) in [6.45, 7) is 1.53. The third-order valence-electron chi connectivity index (χ3n) is 6.53. The van der Waals surface area contributed by atoms with Gasteiger partial charge in [-0.15, -0.1) is 0 Å². The Morgan fingerprint density at radius 1 is 1.10 bits per heavy atom. The second-order valence-corrected chi connectivity index (χ2v) is 10.3. The van der Waals surface area contributed by atoms with Crippen LogP contribution in [-0.2, 0) is 27.5 Å². The molecule has 0 aliphatic heterocycles. The molecule has 3 N–H and O–H groups in total. The lowest BCUT2D eigenvalue weighted by atomic mass is 10.00. The zero-order valence-electron chi connectivity index (χ0n) is 22.4. The Labute approximate surface area is 230 Å². The van der Waals surface area contributed by atoms with E-state index in [1.165, 1.54) is 26.4 Å². The van der Waals surface area contributed by atoms with Crippen molar-refractivity contribution < 1.29 is 42.3 Å². The van der Waals surface area contributed by atoms with E-state index in [0.29, 0.717) is 17.7 Å². The normalized spacial score (nSPS) is 13.9. The summed E-state index contributed by atoms with van der Waals surface area (Å²) in [6, 6.07) is 11.6. The number of fused-ring (bicyclic) bond motifs is 1. The lowest BCUT2D eigenvalue weighted by Crippen LogP contribution is -2.23. The van der Waals surface area contributed by atoms with Crippen molar-refractivity contribution in [1.82, 2.24) is 9.88 Å². The van der Waals surface area contributed by atoms with Gasteiger partial charge in [-0.3, -0.25) is 4.79 Å². The molecule has 1 aromatic heterocycles. The number of allylic oxidation sites excluding steroid dienone is 2. The Hall–Kier alpha value is -3.89. The molecule has 0 spiro atoms. The average Bonchev–Trinajstić information content (AvgIpc) is 3.42. The number of aromatic nitrogens is 1. The molecule has 1 aliphatic carbocycles. The number of carbonyl (C=O) groups is 1. The van der Waals surface area contributed by atoms with Crippen LogP contribution < -0.4 is 19.5 Å². The Bertz CT molecular complexity index is 1510. The quantitative estimate of drug-likeness (QED) is 0.224. The fourth-order valence-corrected chi connectivity index (χ4v) is 4.71. The van der Waals surface area contributed by atoms with Crippen molar-refractivity contribution in [3.05, 3.63) is 82.4 Å². The molecule has 40 heavy (non-hydrogen) atoms. The van der Waals surface area contributed by atoms with Crippen LogP contribution in [0, 0.1) is 5.82 Å². The topological polar surface area (TPSA) is 128 Å². The van der Waals surface area contributed by atoms with Crippen LogP contribution in [0.3, 0.4) is 0 Å². The Morgan fingerprint density at radius 3 is 2.40 bits per heavy atom. The molecule has 0 bridgehead atoms. The number of rotatable bonds is 11. The van der Waals surface area contributed by atoms with Crippen LogP contribution in [0.15, 0.2) is 54.2 Å². The minimum Gasteiger partial charge on any atom is -0.493 e. The van der Waals surface area contributed by atoms with E-state index in [1.54, 1.807) is 18.2 Å². The first-order valence-electron chi connectivity index (χ1n) is 12.2. The van der Waals surface area contributed by atoms with Crippen LogP contribution in [0.1, 0.15) is 35.7 Å². The van der Waals surface area contributed by atoms with Crippen molar-refractivity contribution in [3.63, 3.8) is 0 Å². The van der Waals surface area contributed by atoms with E-state index in [-0.39, 0.29) is 29.6 Å². The molecule has 0 radical (unpaired) electrons. The van der Waals surface area contributed by atoms with Crippen LogP contribution in [0.25, 0.3) is 17.2 Å². The number of hydrogen-bond donors (Lipinski definition) is 3. The highest BCUT2D eigenvalue weighted by molar-refractivity contribution is 7.46. The SMILES string of the molecule is COc1cc(C=C2C(C)=C(CC(=O)NCc3cccn3C)c3cc(F)ccc32)cc(OC)c1OCOP(=O)(O)O.